The van der Waals surface area contributed by atoms with E-state index in [1.54, 1.807) is 24.3 Å². The molecule has 2 aromatic rings. The van der Waals surface area contributed by atoms with Crippen LogP contribution in [0.4, 0.5) is 0 Å². The van der Waals surface area contributed by atoms with Crippen LogP contribution in [0.15, 0.2) is 46.9 Å². The van der Waals surface area contributed by atoms with Gasteiger partial charge in [-0.25, -0.2) is 0 Å². The van der Waals surface area contributed by atoms with Crippen LogP contribution in [0, 0.1) is 0 Å². The third-order valence-corrected chi connectivity index (χ3v) is 3.84. The number of carbonyl (C=O) groups excluding carboxylic acids is 1. The van der Waals surface area contributed by atoms with Gasteiger partial charge in [0.2, 0.25) is 6.79 Å². The molecule has 0 N–H and O–H groups in total. The van der Waals surface area contributed by atoms with Crippen molar-refractivity contribution in [3.8, 4) is 17.2 Å². The first-order valence-electron chi connectivity index (χ1n) is 7.22. The van der Waals surface area contributed by atoms with Crippen LogP contribution in [0.2, 0.25) is 0 Å². The average Bonchev–Trinajstić information content (AvgIpc) is 3.02. The fourth-order valence-electron chi connectivity index (χ4n) is 2.25. The lowest BCUT2D eigenvalue weighted by atomic mass is 10.1. The first-order chi connectivity index (χ1) is 11.2. The molecule has 1 heterocycles. The van der Waals surface area contributed by atoms with Crippen molar-refractivity contribution < 1.29 is 19.0 Å². The molecule has 0 saturated carbocycles. The molecule has 5 heteroatoms. The molecule has 0 aliphatic carbocycles. The number of fused-ring (bicyclic) bond motifs is 1. The minimum Gasteiger partial charge on any atom is -0.493 e. The Morgan fingerprint density at radius 1 is 1.22 bits per heavy atom. The molecule has 3 rings (SSSR count). The summed E-state index contributed by atoms with van der Waals surface area (Å²) in [7, 11) is 0. The van der Waals surface area contributed by atoms with Gasteiger partial charge in [0, 0.05) is 15.6 Å². The van der Waals surface area contributed by atoms with Crippen molar-refractivity contribution in [3.63, 3.8) is 0 Å². The van der Waals surface area contributed by atoms with E-state index in [0.717, 1.165) is 15.8 Å². The van der Waals surface area contributed by atoms with Crippen molar-refractivity contribution in [2.24, 2.45) is 0 Å². The first kappa shape index (κ1) is 15.6. The number of hydrogen-bond acceptors (Lipinski definition) is 4. The Labute approximate surface area is 142 Å². The molecule has 0 aromatic heterocycles. The highest BCUT2D eigenvalue weighted by atomic mass is 79.9. The Kier molecular flexibility index (Phi) is 4.67. The predicted molar refractivity (Wildman–Crippen MR) is 91.2 cm³/mol. The van der Waals surface area contributed by atoms with Crippen LogP contribution in [-0.4, -0.2) is 19.2 Å². The van der Waals surface area contributed by atoms with Crippen molar-refractivity contribution in [1.82, 2.24) is 0 Å². The fraction of sp³-hybridized carbons (Fsp3) is 0.167. The zero-order chi connectivity index (χ0) is 16.2. The Morgan fingerprint density at radius 2 is 2.04 bits per heavy atom. The maximum atomic E-state index is 12.3. The van der Waals surface area contributed by atoms with Crippen LogP contribution >= 0.6 is 15.9 Å². The molecule has 0 saturated heterocycles. The van der Waals surface area contributed by atoms with E-state index in [1.807, 2.05) is 25.1 Å². The van der Waals surface area contributed by atoms with Crippen LogP contribution in [0.5, 0.6) is 17.2 Å². The van der Waals surface area contributed by atoms with Crippen LogP contribution in [0.3, 0.4) is 0 Å². The molecule has 1 aliphatic heterocycles. The van der Waals surface area contributed by atoms with Gasteiger partial charge in [-0.15, -0.1) is 0 Å². The summed E-state index contributed by atoms with van der Waals surface area (Å²) < 4.78 is 17.0. The largest absolute Gasteiger partial charge is 0.493 e. The predicted octanol–water partition coefficient (Wildman–Crippen LogP) is 4.47. The Morgan fingerprint density at radius 3 is 2.87 bits per heavy atom. The maximum Gasteiger partial charge on any atom is 0.231 e. The summed E-state index contributed by atoms with van der Waals surface area (Å²) in [4.78, 5) is 12.3. The normalized spacial score (nSPS) is 12.6. The van der Waals surface area contributed by atoms with Gasteiger partial charge < -0.3 is 14.2 Å². The number of ether oxygens (including phenoxy) is 3. The van der Waals surface area contributed by atoms with E-state index in [2.05, 4.69) is 15.9 Å². The van der Waals surface area contributed by atoms with E-state index in [9.17, 15) is 4.79 Å². The van der Waals surface area contributed by atoms with E-state index in [0.29, 0.717) is 23.7 Å². The van der Waals surface area contributed by atoms with E-state index in [1.165, 1.54) is 6.08 Å². The molecule has 23 heavy (non-hydrogen) atoms. The second-order valence-corrected chi connectivity index (χ2v) is 5.80. The Balaban J connectivity index is 1.82. The molecule has 0 fully saturated rings. The van der Waals surface area contributed by atoms with Gasteiger partial charge in [-0.2, -0.15) is 0 Å². The minimum atomic E-state index is -0.106. The average molecular weight is 375 g/mol. The lowest BCUT2D eigenvalue weighted by molar-refractivity contribution is 0.104. The molecule has 0 spiro atoms. The molecule has 118 valence electrons. The van der Waals surface area contributed by atoms with Gasteiger partial charge >= 0.3 is 0 Å². The summed E-state index contributed by atoms with van der Waals surface area (Å²) in [6.07, 6.45) is 3.28. The van der Waals surface area contributed by atoms with Gasteiger partial charge in [-0.05, 0) is 55.5 Å². The molecule has 0 atom stereocenters. The van der Waals surface area contributed by atoms with Crippen LogP contribution < -0.4 is 14.2 Å². The third-order valence-electron chi connectivity index (χ3n) is 3.34. The number of hydrogen-bond donors (Lipinski definition) is 0. The smallest absolute Gasteiger partial charge is 0.231 e. The third kappa shape index (κ3) is 3.56. The molecule has 4 nitrogen and oxygen atoms in total. The molecule has 2 aromatic carbocycles. The van der Waals surface area contributed by atoms with Gasteiger partial charge in [0.1, 0.15) is 5.75 Å². The summed E-state index contributed by atoms with van der Waals surface area (Å²) in [5.41, 5.74) is 1.40. The molecule has 0 amide bonds. The van der Waals surface area contributed by atoms with Gasteiger partial charge in [0.15, 0.2) is 17.3 Å². The van der Waals surface area contributed by atoms with Crippen molar-refractivity contribution in [3.05, 3.63) is 58.1 Å². The van der Waals surface area contributed by atoms with E-state index in [-0.39, 0.29) is 12.6 Å². The zero-order valence-corrected chi connectivity index (χ0v) is 14.1. The van der Waals surface area contributed by atoms with E-state index < -0.39 is 0 Å². The van der Waals surface area contributed by atoms with E-state index in [4.69, 9.17) is 14.2 Å². The minimum absolute atomic E-state index is 0.106. The van der Waals surface area contributed by atoms with Crippen molar-refractivity contribution in [2.45, 2.75) is 6.92 Å². The number of carbonyl (C=O) groups is 1. The summed E-state index contributed by atoms with van der Waals surface area (Å²) in [6.45, 7) is 2.68. The zero-order valence-electron chi connectivity index (χ0n) is 12.5. The monoisotopic (exact) mass is 374 g/mol. The summed E-state index contributed by atoms with van der Waals surface area (Å²) in [6, 6.07) is 10.9. The number of rotatable bonds is 5. The topological polar surface area (TPSA) is 44.8 Å². The molecular formula is C18H15BrO4. The maximum absolute atomic E-state index is 12.3. The summed E-state index contributed by atoms with van der Waals surface area (Å²) in [5, 5.41) is 0. The Bertz CT molecular complexity index is 768. The molecule has 0 radical (unpaired) electrons. The van der Waals surface area contributed by atoms with Gasteiger partial charge in [-0.3, -0.25) is 4.79 Å². The number of allylic oxidation sites excluding steroid dienone is 1. The summed E-state index contributed by atoms with van der Waals surface area (Å²) >= 11 is 3.43. The van der Waals surface area contributed by atoms with Crippen LogP contribution in [-0.2, 0) is 0 Å². The van der Waals surface area contributed by atoms with Crippen molar-refractivity contribution in [1.29, 1.82) is 0 Å². The van der Waals surface area contributed by atoms with Crippen LogP contribution in [0.25, 0.3) is 6.08 Å². The standard InChI is InChI=1S/C18H15BrO4/c1-2-21-16-8-5-14(19)9-13(16)3-6-15(20)12-4-7-17-18(10-12)23-11-22-17/h3-10H,2,11H2,1H3/b6-3+. The van der Waals surface area contributed by atoms with E-state index >= 15 is 0 Å². The highest BCUT2D eigenvalue weighted by molar-refractivity contribution is 9.10. The lowest BCUT2D eigenvalue weighted by Crippen LogP contribution is -1.96. The van der Waals surface area contributed by atoms with Crippen molar-refractivity contribution in [2.75, 3.05) is 13.4 Å². The van der Waals surface area contributed by atoms with Gasteiger partial charge in [0.05, 0.1) is 6.61 Å². The first-order valence-corrected chi connectivity index (χ1v) is 8.01. The van der Waals surface area contributed by atoms with Crippen LogP contribution in [0.1, 0.15) is 22.8 Å². The molecule has 1 aliphatic rings. The SMILES string of the molecule is CCOc1ccc(Br)cc1/C=C/C(=O)c1ccc2c(c1)OCO2. The number of ketones is 1. The summed E-state index contributed by atoms with van der Waals surface area (Å²) in [5.74, 6) is 1.90. The second kappa shape index (κ2) is 6.87. The number of benzene rings is 2. The fourth-order valence-corrected chi connectivity index (χ4v) is 2.63. The van der Waals surface area contributed by atoms with Gasteiger partial charge in [0.25, 0.3) is 0 Å². The molecular weight excluding hydrogens is 360 g/mol. The molecule has 0 unspecified atom stereocenters. The van der Waals surface area contributed by atoms with Gasteiger partial charge in [-0.1, -0.05) is 15.9 Å². The highest BCUT2D eigenvalue weighted by Gasteiger charge is 2.15. The van der Waals surface area contributed by atoms with Crippen molar-refractivity contribution >= 4 is 27.8 Å². The number of halogens is 1. The second-order valence-electron chi connectivity index (χ2n) is 4.88. The quantitative estimate of drug-likeness (QED) is 0.571. The highest BCUT2D eigenvalue weighted by Crippen LogP contribution is 2.32. The lowest BCUT2D eigenvalue weighted by Gasteiger charge is -2.07. The Hall–Kier alpha value is -2.27. The molecule has 0 bridgehead atoms.